The van der Waals surface area contributed by atoms with E-state index in [1.807, 2.05) is 6.92 Å². The molecule has 1 aromatic rings. The molecule has 0 saturated carbocycles. The Morgan fingerprint density at radius 2 is 1.45 bits per heavy atom. The third-order valence-corrected chi connectivity index (χ3v) is 13.0. The van der Waals surface area contributed by atoms with E-state index in [1.54, 1.807) is 32.9 Å². The summed E-state index contributed by atoms with van der Waals surface area (Å²) < 4.78 is 43.0. The first-order chi connectivity index (χ1) is 15.0. The smallest absolute Gasteiger partial charge is 0.338 e. The molecular weight excluding hydrogens is 456 g/mol. The molecule has 6 nitrogen and oxygen atoms in total. The highest BCUT2D eigenvalue weighted by Gasteiger charge is 2.45. The highest BCUT2D eigenvalue weighted by Crippen LogP contribution is 2.42. The van der Waals surface area contributed by atoms with E-state index in [4.69, 9.17) is 13.3 Å². The van der Waals surface area contributed by atoms with Crippen LogP contribution in [-0.2, 0) is 28.3 Å². The van der Waals surface area contributed by atoms with Crippen LogP contribution in [0.2, 0.25) is 16.6 Å². The van der Waals surface area contributed by atoms with Gasteiger partial charge in [0.05, 0.1) is 6.08 Å². The molecule has 0 N–H and O–H groups in total. The fourth-order valence-electron chi connectivity index (χ4n) is 4.32. The molecule has 188 valence electrons. The number of aryl methyl sites for hydroxylation is 1. The van der Waals surface area contributed by atoms with E-state index in [0.717, 1.165) is 11.6 Å². The zero-order valence-electron chi connectivity index (χ0n) is 21.9. The van der Waals surface area contributed by atoms with Crippen LogP contribution >= 0.6 is 0 Å². The van der Waals surface area contributed by atoms with Gasteiger partial charge in [-0.15, -0.1) is 0 Å². The molecule has 1 aromatic carbocycles. The molecule has 0 aliphatic rings. The van der Waals surface area contributed by atoms with Crippen LogP contribution in [0.25, 0.3) is 0 Å². The van der Waals surface area contributed by atoms with Gasteiger partial charge in [-0.3, -0.25) is 0 Å². The van der Waals surface area contributed by atoms with Crippen molar-refractivity contribution in [1.29, 1.82) is 0 Å². The van der Waals surface area contributed by atoms with Crippen molar-refractivity contribution in [2.45, 2.75) is 103 Å². The third-order valence-electron chi connectivity index (χ3n) is 5.62. The van der Waals surface area contributed by atoms with E-state index in [9.17, 15) is 13.2 Å². The van der Waals surface area contributed by atoms with Crippen molar-refractivity contribution in [1.82, 2.24) is 0 Å². The first-order valence-electron chi connectivity index (χ1n) is 11.6. The molecule has 0 spiro atoms. The number of hydrogen-bond donors (Lipinski definition) is 0. The van der Waals surface area contributed by atoms with Crippen LogP contribution in [0.1, 0.15) is 74.3 Å². The van der Waals surface area contributed by atoms with Crippen molar-refractivity contribution in [2.75, 3.05) is 6.61 Å². The van der Waals surface area contributed by atoms with E-state index in [-0.39, 0.29) is 23.7 Å². The average molecular weight is 499 g/mol. The lowest BCUT2D eigenvalue weighted by molar-refractivity contribution is -0.148. The summed E-state index contributed by atoms with van der Waals surface area (Å²) >= 11 is 0. The van der Waals surface area contributed by atoms with Crippen molar-refractivity contribution in [2.24, 2.45) is 0 Å². The van der Waals surface area contributed by atoms with Crippen molar-refractivity contribution < 1.29 is 26.6 Å². The van der Waals surface area contributed by atoms with Gasteiger partial charge in [0.15, 0.2) is 8.32 Å². The monoisotopic (exact) mass is 498 g/mol. The van der Waals surface area contributed by atoms with Crippen LogP contribution in [0.15, 0.2) is 41.0 Å². The van der Waals surface area contributed by atoms with Gasteiger partial charge in [0.25, 0.3) is 0 Å². The molecule has 0 fully saturated rings. The molecule has 0 aromatic heterocycles. The third kappa shape index (κ3) is 8.57. The fourth-order valence-corrected chi connectivity index (χ4v) is 10.8. The summed E-state index contributed by atoms with van der Waals surface area (Å²) in [7, 11) is -6.25. The molecule has 0 atom stereocenters. The van der Waals surface area contributed by atoms with Crippen molar-refractivity contribution in [3.8, 4) is 0 Å². The number of rotatable bonds is 11. The maximum atomic E-state index is 12.9. The summed E-state index contributed by atoms with van der Waals surface area (Å²) in [6.45, 7) is 20.5. The van der Waals surface area contributed by atoms with Crippen LogP contribution in [0.5, 0.6) is 0 Å². The van der Waals surface area contributed by atoms with E-state index in [0.29, 0.717) is 16.6 Å². The topological polar surface area (TPSA) is 78.9 Å². The number of benzene rings is 1. The lowest BCUT2D eigenvalue weighted by Gasteiger charge is -2.42. The van der Waals surface area contributed by atoms with Gasteiger partial charge in [0.1, 0.15) is 16.3 Å². The summed E-state index contributed by atoms with van der Waals surface area (Å²) in [4.78, 5) is 12.4. The maximum Gasteiger partial charge on any atom is 0.338 e. The van der Waals surface area contributed by atoms with E-state index in [2.05, 4.69) is 41.5 Å². The minimum absolute atomic E-state index is 0.00370. The second-order valence-electron chi connectivity index (χ2n) is 10.4. The fraction of sp³-hybridized carbons (Fsp3) is 0.640. The predicted octanol–water partition coefficient (Wildman–Crippen LogP) is 6.51. The number of carbonyl (C=O) groups is 1. The van der Waals surface area contributed by atoms with Crippen molar-refractivity contribution >= 4 is 24.4 Å². The van der Waals surface area contributed by atoms with E-state index < -0.39 is 30.0 Å². The van der Waals surface area contributed by atoms with Crippen LogP contribution in [0.4, 0.5) is 0 Å². The molecule has 0 amide bonds. The summed E-state index contributed by atoms with van der Waals surface area (Å²) in [6, 6.07) is 6.37. The molecule has 33 heavy (non-hydrogen) atoms. The molecule has 0 bridgehead atoms. The second kappa shape index (κ2) is 11.7. The Morgan fingerprint density at radius 3 is 1.88 bits per heavy atom. The first-order valence-corrected chi connectivity index (χ1v) is 15.1. The van der Waals surface area contributed by atoms with Gasteiger partial charge in [-0.1, -0.05) is 59.2 Å². The van der Waals surface area contributed by atoms with Gasteiger partial charge in [0.2, 0.25) is 0 Å². The predicted molar refractivity (Wildman–Crippen MR) is 135 cm³/mol. The van der Waals surface area contributed by atoms with Gasteiger partial charge < -0.3 is 13.3 Å². The zero-order valence-corrected chi connectivity index (χ0v) is 23.7. The second-order valence-corrected chi connectivity index (χ2v) is 17.4. The minimum atomic E-state index is -4.10. The Kier molecular flexibility index (Phi) is 10.4. The first kappa shape index (κ1) is 29.4. The quantitative estimate of drug-likeness (QED) is 0.114. The van der Waals surface area contributed by atoms with Crippen LogP contribution in [0, 0.1) is 6.92 Å². The van der Waals surface area contributed by atoms with E-state index >= 15 is 0 Å². The lowest BCUT2D eigenvalue weighted by atomic mass is 10.2. The van der Waals surface area contributed by atoms with Crippen LogP contribution in [0.3, 0.4) is 0 Å². The SMILES string of the molecule is Cc1ccc(S(=O)(=O)O/C(=C\C(=O)OC(C)(C)C)CCO[Si](C(C)C)(C(C)C)C(C)C)cc1. The molecular formula is C25H42O6SSi. The summed E-state index contributed by atoms with van der Waals surface area (Å²) in [5.74, 6) is -0.652. The van der Waals surface area contributed by atoms with Gasteiger partial charge in [0, 0.05) is 13.0 Å². The van der Waals surface area contributed by atoms with Gasteiger partial charge in [-0.25, -0.2) is 4.79 Å². The Bertz CT molecular complexity index is 887. The lowest BCUT2D eigenvalue weighted by Crippen LogP contribution is -2.48. The van der Waals surface area contributed by atoms with Crippen molar-refractivity contribution in [3.63, 3.8) is 0 Å². The van der Waals surface area contributed by atoms with Gasteiger partial charge in [-0.05, 0) is 56.5 Å². The molecule has 8 heteroatoms. The molecule has 0 aliphatic heterocycles. The molecule has 0 heterocycles. The largest absolute Gasteiger partial charge is 0.457 e. The molecule has 0 unspecified atom stereocenters. The Balaban J connectivity index is 3.18. The summed E-state index contributed by atoms with van der Waals surface area (Å²) in [6.07, 6.45) is 1.26. The molecule has 0 radical (unpaired) electrons. The average Bonchev–Trinajstić information content (AvgIpc) is 2.62. The standard InChI is InChI=1S/C25H42O6SSi/c1-18(2)33(19(3)4,20(5)6)29-16-15-22(17-24(26)30-25(8,9)10)31-32(27,28)23-13-11-21(7)12-14-23/h11-14,17-20H,15-16H2,1-10H3/b22-17-. The number of esters is 1. The Morgan fingerprint density at radius 1 is 0.970 bits per heavy atom. The number of hydrogen-bond acceptors (Lipinski definition) is 6. The van der Waals surface area contributed by atoms with Gasteiger partial charge >= 0.3 is 16.1 Å². The molecule has 0 aliphatic carbocycles. The van der Waals surface area contributed by atoms with Gasteiger partial charge in [-0.2, -0.15) is 8.42 Å². The van der Waals surface area contributed by atoms with Crippen molar-refractivity contribution in [3.05, 3.63) is 41.7 Å². The van der Waals surface area contributed by atoms with Crippen LogP contribution < -0.4 is 0 Å². The number of carbonyl (C=O) groups excluding carboxylic acids is 1. The van der Waals surface area contributed by atoms with E-state index in [1.165, 1.54) is 12.1 Å². The Hall–Kier alpha value is -1.64. The summed E-state index contributed by atoms with van der Waals surface area (Å²) in [5.41, 5.74) is 1.37. The highest BCUT2D eigenvalue weighted by molar-refractivity contribution is 7.86. The highest BCUT2D eigenvalue weighted by atomic mass is 32.2. The minimum Gasteiger partial charge on any atom is -0.457 e. The zero-order chi connectivity index (χ0) is 25.6. The molecule has 0 saturated heterocycles. The normalized spacial score (nSPS) is 13.7. The summed E-state index contributed by atoms with van der Waals surface area (Å²) in [5, 5.41) is 0. The Labute approximate surface area is 202 Å². The number of ether oxygens (including phenoxy) is 1. The van der Waals surface area contributed by atoms with Crippen LogP contribution in [-0.4, -0.2) is 34.9 Å². The maximum absolute atomic E-state index is 12.9. The molecule has 1 rings (SSSR count).